The van der Waals surface area contributed by atoms with E-state index in [4.69, 9.17) is 16.7 Å². The monoisotopic (exact) mass is 267 g/mol. The molecule has 1 aromatic carbocycles. The number of hydrogen-bond acceptors (Lipinski definition) is 2. The van der Waals surface area contributed by atoms with Crippen LogP contribution in [0.15, 0.2) is 18.2 Å². The van der Waals surface area contributed by atoms with Gasteiger partial charge in [-0.05, 0) is 24.6 Å². The minimum Gasteiger partial charge on any atom is -0.386 e. The Bertz CT molecular complexity index is 376. The highest BCUT2D eigenvalue weighted by molar-refractivity contribution is 6.30. The summed E-state index contributed by atoms with van der Waals surface area (Å²) < 4.78 is 37.2. The molecule has 1 rings (SSSR count). The summed E-state index contributed by atoms with van der Waals surface area (Å²) in [6.45, 7) is 1.42. The smallest absolute Gasteiger partial charge is 0.265 e. The zero-order chi connectivity index (χ0) is 13.0. The van der Waals surface area contributed by atoms with E-state index in [2.05, 4.69) is 5.32 Å². The van der Waals surface area contributed by atoms with Crippen LogP contribution in [0.3, 0.4) is 0 Å². The molecule has 0 aromatic heterocycles. The molecular weight excluding hydrogens is 255 g/mol. The SMILES string of the molecule is CC(NCC(O)C(F)F)c1ccc(Cl)c(F)c1. The fourth-order valence-electron chi connectivity index (χ4n) is 1.29. The second-order valence-corrected chi connectivity index (χ2v) is 4.11. The maximum atomic E-state index is 13.1. The minimum absolute atomic E-state index is 0.00793. The fourth-order valence-corrected chi connectivity index (χ4v) is 1.40. The zero-order valence-corrected chi connectivity index (χ0v) is 9.89. The Labute approximate surface area is 102 Å². The van der Waals surface area contributed by atoms with Crippen molar-refractivity contribution in [2.75, 3.05) is 6.54 Å². The predicted molar refractivity (Wildman–Crippen MR) is 59.8 cm³/mol. The molecule has 17 heavy (non-hydrogen) atoms. The Morgan fingerprint density at radius 3 is 2.59 bits per heavy atom. The van der Waals surface area contributed by atoms with Gasteiger partial charge in [-0.1, -0.05) is 17.7 Å². The molecular formula is C11H13ClF3NO. The molecule has 0 aliphatic heterocycles. The number of benzene rings is 1. The second-order valence-electron chi connectivity index (χ2n) is 3.71. The van der Waals surface area contributed by atoms with Gasteiger partial charge in [0, 0.05) is 12.6 Å². The Hall–Kier alpha value is -0.780. The normalized spacial score (nSPS) is 15.0. The summed E-state index contributed by atoms with van der Waals surface area (Å²) >= 11 is 5.52. The molecule has 2 nitrogen and oxygen atoms in total. The minimum atomic E-state index is -2.79. The van der Waals surface area contributed by atoms with Crippen molar-refractivity contribution in [1.29, 1.82) is 0 Å². The Morgan fingerprint density at radius 1 is 1.41 bits per heavy atom. The van der Waals surface area contributed by atoms with Gasteiger partial charge in [0.25, 0.3) is 6.43 Å². The van der Waals surface area contributed by atoms with Gasteiger partial charge in [-0.15, -0.1) is 0 Å². The van der Waals surface area contributed by atoms with Gasteiger partial charge in [0.2, 0.25) is 0 Å². The van der Waals surface area contributed by atoms with Crippen LogP contribution in [0.25, 0.3) is 0 Å². The zero-order valence-electron chi connectivity index (χ0n) is 9.13. The van der Waals surface area contributed by atoms with Crippen LogP contribution in [0.4, 0.5) is 13.2 Å². The van der Waals surface area contributed by atoms with Crippen molar-refractivity contribution >= 4 is 11.6 Å². The molecule has 6 heteroatoms. The van der Waals surface area contributed by atoms with Crippen LogP contribution < -0.4 is 5.32 Å². The van der Waals surface area contributed by atoms with Crippen LogP contribution in [0.5, 0.6) is 0 Å². The average molecular weight is 268 g/mol. The lowest BCUT2D eigenvalue weighted by Gasteiger charge is -2.17. The summed E-state index contributed by atoms with van der Waals surface area (Å²) in [6, 6.07) is 3.87. The van der Waals surface area contributed by atoms with Crippen LogP contribution >= 0.6 is 11.6 Å². The first-order valence-corrected chi connectivity index (χ1v) is 5.44. The highest BCUT2D eigenvalue weighted by Crippen LogP contribution is 2.20. The van der Waals surface area contributed by atoms with E-state index in [1.807, 2.05) is 0 Å². The standard InChI is InChI=1S/C11H13ClF3NO/c1-6(16-5-10(17)11(14)15)7-2-3-8(12)9(13)4-7/h2-4,6,10-11,16-17H,5H2,1H3. The Balaban J connectivity index is 2.58. The van der Waals surface area contributed by atoms with Crippen molar-refractivity contribution in [2.24, 2.45) is 0 Å². The number of aliphatic hydroxyl groups is 1. The number of alkyl halides is 2. The summed E-state index contributed by atoms with van der Waals surface area (Å²) in [5.74, 6) is -0.563. The van der Waals surface area contributed by atoms with Gasteiger partial charge in [-0.25, -0.2) is 13.2 Å². The van der Waals surface area contributed by atoms with Crippen molar-refractivity contribution in [3.63, 3.8) is 0 Å². The molecule has 1 aromatic rings. The molecule has 0 radical (unpaired) electrons. The number of nitrogens with one attached hydrogen (secondary N) is 1. The maximum absolute atomic E-state index is 13.1. The van der Waals surface area contributed by atoms with E-state index in [1.54, 1.807) is 13.0 Å². The van der Waals surface area contributed by atoms with E-state index in [0.29, 0.717) is 5.56 Å². The van der Waals surface area contributed by atoms with E-state index in [-0.39, 0.29) is 17.6 Å². The Morgan fingerprint density at radius 2 is 2.06 bits per heavy atom. The molecule has 0 heterocycles. The molecule has 2 atom stereocenters. The first-order chi connectivity index (χ1) is 7.91. The first-order valence-electron chi connectivity index (χ1n) is 5.06. The highest BCUT2D eigenvalue weighted by Gasteiger charge is 2.17. The highest BCUT2D eigenvalue weighted by atomic mass is 35.5. The van der Waals surface area contributed by atoms with Crippen molar-refractivity contribution in [3.8, 4) is 0 Å². The first kappa shape index (κ1) is 14.3. The summed E-state index contributed by atoms with van der Waals surface area (Å²) in [4.78, 5) is 0. The van der Waals surface area contributed by atoms with Crippen LogP contribution in [0.1, 0.15) is 18.5 Å². The lowest BCUT2D eigenvalue weighted by atomic mass is 10.1. The van der Waals surface area contributed by atoms with E-state index in [0.717, 1.165) is 0 Å². The molecule has 0 saturated heterocycles. The predicted octanol–water partition coefficient (Wildman–Crippen LogP) is 2.76. The van der Waals surface area contributed by atoms with Gasteiger partial charge in [-0.3, -0.25) is 0 Å². The number of aliphatic hydroxyl groups excluding tert-OH is 1. The lowest BCUT2D eigenvalue weighted by Crippen LogP contribution is -2.33. The molecule has 0 aliphatic carbocycles. The van der Waals surface area contributed by atoms with Gasteiger partial charge in [-0.2, -0.15) is 0 Å². The van der Waals surface area contributed by atoms with Gasteiger partial charge in [0.05, 0.1) is 5.02 Å². The van der Waals surface area contributed by atoms with Crippen LogP contribution in [-0.2, 0) is 0 Å². The average Bonchev–Trinajstić information content (AvgIpc) is 2.28. The van der Waals surface area contributed by atoms with Gasteiger partial charge < -0.3 is 10.4 Å². The molecule has 2 unspecified atom stereocenters. The van der Waals surface area contributed by atoms with Crippen molar-refractivity contribution in [1.82, 2.24) is 5.32 Å². The molecule has 0 saturated carbocycles. The maximum Gasteiger partial charge on any atom is 0.265 e. The van der Waals surface area contributed by atoms with Crippen LogP contribution in [0.2, 0.25) is 5.02 Å². The van der Waals surface area contributed by atoms with Gasteiger partial charge >= 0.3 is 0 Å². The molecule has 0 bridgehead atoms. The number of rotatable bonds is 5. The van der Waals surface area contributed by atoms with E-state index < -0.39 is 18.3 Å². The van der Waals surface area contributed by atoms with Crippen molar-refractivity contribution in [3.05, 3.63) is 34.6 Å². The second kappa shape index (κ2) is 6.23. The quantitative estimate of drug-likeness (QED) is 0.860. The van der Waals surface area contributed by atoms with Crippen LogP contribution in [0, 0.1) is 5.82 Å². The molecule has 0 spiro atoms. The van der Waals surface area contributed by atoms with E-state index in [1.165, 1.54) is 12.1 Å². The Kier molecular flexibility index (Phi) is 5.24. The summed E-state index contributed by atoms with van der Waals surface area (Å²) in [6.07, 6.45) is -4.52. The summed E-state index contributed by atoms with van der Waals surface area (Å²) in [5, 5.41) is 11.6. The number of hydrogen-bond donors (Lipinski definition) is 2. The lowest BCUT2D eigenvalue weighted by molar-refractivity contribution is -0.00439. The molecule has 0 fully saturated rings. The topological polar surface area (TPSA) is 32.3 Å². The van der Waals surface area contributed by atoms with Crippen molar-refractivity contribution in [2.45, 2.75) is 25.5 Å². The van der Waals surface area contributed by atoms with Gasteiger partial charge in [0.1, 0.15) is 11.9 Å². The molecule has 2 N–H and O–H groups in total. The van der Waals surface area contributed by atoms with Crippen molar-refractivity contribution < 1.29 is 18.3 Å². The van der Waals surface area contributed by atoms with Gasteiger partial charge in [0.15, 0.2) is 0 Å². The summed E-state index contributed by atoms with van der Waals surface area (Å²) in [7, 11) is 0. The largest absolute Gasteiger partial charge is 0.386 e. The summed E-state index contributed by atoms with van der Waals surface area (Å²) in [5.41, 5.74) is 0.577. The third kappa shape index (κ3) is 4.18. The third-order valence-electron chi connectivity index (χ3n) is 2.37. The molecule has 0 amide bonds. The van der Waals surface area contributed by atoms with Crippen LogP contribution in [-0.4, -0.2) is 24.2 Å². The van der Waals surface area contributed by atoms with E-state index >= 15 is 0 Å². The molecule has 96 valence electrons. The third-order valence-corrected chi connectivity index (χ3v) is 2.67. The van der Waals surface area contributed by atoms with E-state index in [9.17, 15) is 13.2 Å². The fraction of sp³-hybridized carbons (Fsp3) is 0.455. The number of halogens is 4. The molecule has 0 aliphatic rings.